The average Bonchev–Trinajstić information content (AvgIpc) is 2.65. The number of rotatable bonds is 2. The third kappa shape index (κ3) is 2.43. The molecule has 1 aliphatic rings. The van der Waals surface area contributed by atoms with Crippen molar-refractivity contribution in [2.75, 3.05) is 0 Å². The van der Waals surface area contributed by atoms with Crippen LogP contribution in [0, 0.1) is 0 Å². The van der Waals surface area contributed by atoms with Gasteiger partial charge in [0.15, 0.2) is 0 Å². The van der Waals surface area contributed by atoms with E-state index in [1.807, 2.05) is 12.1 Å². The molecule has 0 aromatic heterocycles. The van der Waals surface area contributed by atoms with Crippen LogP contribution in [-0.4, -0.2) is 8.32 Å². The highest BCUT2D eigenvalue weighted by Gasteiger charge is 2.40. The van der Waals surface area contributed by atoms with Gasteiger partial charge in [-0.25, -0.2) is 0 Å². The lowest BCUT2D eigenvalue weighted by Crippen LogP contribution is -2.27. The number of hydrogen-bond donors (Lipinski definition) is 0. The molecule has 1 fully saturated rings. The molecule has 1 saturated heterocycles. The van der Waals surface area contributed by atoms with E-state index < -0.39 is 8.32 Å². The Morgan fingerprint density at radius 2 is 2.00 bits per heavy atom. The molecular formula is C15H20OSi. The normalized spacial score (nSPS) is 25.7. The van der Waals surface area contributed by atoms with E-state index in [1.54, 1.807) is 0 Å². The molecule has 0 saturated carbocycles. The molecule has 17 heavy (non-hydrogen) atoms. The van der Waals surface area contributed by atoms with Gasteiger partial charge in [0, 0.05) is 0 Å². The molecule has 0 bridgehead atoms. The Kier molecular flexibility index (Phi) is 3.36. The minimum atomic E-state index is -1.69. The molecule has 1 heterocycles. The Hall–Kier alpha value is -1.12. The SMILES string of the molecule is C=C/C(C)=C1\CC(c2ccccc2)O[Si]1(C)C. The van der Waals surface area contributed by atoms with Crippen LogP contribution in [0.4, 0.5) is 0 Å². The van der Waals surface area contributed by atoms with E-state index in [4.69, 9.17) is 4.43 Å². The Morgan fingerprint density at radius 3 is 2.59 bits per heavy atom. The van der Waals surface area contributed by atoms with Gasteiger partial charge in [-0.15, -0.1) is 0 Å². The zero-order chi connectivity index (χ0) is 12.5. The molecule has 90 valence electrons. The van der Waals surface area contributed by atoms with E-state index in [9.17, 15) is 0 Å². The molecule has 1 atom stereocenters. The Morgan fingerprint density at radius 1 is 1.35 bits per heavy atom. The maximum Gasteiger partial charge on any atom is 0.215 e. The van der Waals surface area contributed by atoms with Crippen LogP contribution in [0.5, 0.6) is 0 Å². The van der Waals surface area contributed by atoms with Gasteiger partial charge in [0.25, 0.3) is 0 Å². The Bertz CT molecular complexity index is 445. The molecule has 0 amide bonds. The quantitative estimate of drug-likeness (QED) is 0.701. The van der Waals surface area contributed by atoms with Crippen LogP contribution in [0.2, 0.25) is 13.1 Å². The van der Waals surface area contributed by atoms with E-state index in [2.05, 4.69) is 50.9 Å². The van der Waals surface area contributed by atoms with Crippen LogP contribution in [0.1, 0.15) is 25.0 Å². The van der Waals surface area contributed by atoms with Crippen molar-refractivity contribution in [3.8, 4) is 0 Å². The summed E-state index contributed by atoms with van der Waals surface area (Å²) in [6, 6.07) is 10.5. The van der Waals surface area contributed by atoms with Crippen LogP contribution in [-0.2, 0) is 4.43 Å². The second-order valence-electron chi connectivity index (χ2n) is 5.10. The summed E-state index contributed by atoms with van der Waals surface area (Å²) in [5.41, 5.74) is 2.60. The van der Waals surface area contributed by atoms with Crippen molar-refractivity contribution in [1.29, 1.82) is 0 Å². The molecule has 1 aliphatic heterocycles. The first-order valence-corrected chi connectivity index (χ1v) is 9.01. The second kappa shape index (κ2) is 4.63. The number of benzene rings is 1. The van der Waals surface area contributed by atoms with Crippen LogP contribution in [0.15, 0.2) is 53.8 Å². The fourth-order valence-corrected chi connectivity index (χ4v) is 5.31. The molecule has 1 aromatic carbocycles. The van der Waals surface area contributed by atoms with Crippen molar-refractivity contribution >= 4 is 8.32 Å². The fourth-order valence-electron chi connectivity index (χ4n) is 2.51. The molecule has 0 aliphatic carbocycles. The lowest BCUT2D eigenvalue weighted by atomic mass is 10.1. The van der Waals surface area contributed by atoms with E-state index in [0.29, 0.717) is 0 Å². The van der Waals surface area contributed by atoms with E-state index in [-0.39, 0.29) is 6.10 Å². The van der Waals surface area contributed by atoms with Crippen LogP contribution < -0.4 is 0 Å². The molecule has 0 radical (unpaired) electrons. The molecule has 2 rings (SSSR count). The first-order chi connectivity index (χ1) is 8.04. The minimum Gasteiger partial charge on any atom is -0.406 e. The number of hydrogen-bond acceptors (Lipinski definition) is 1. The van der Waals surface area contributed by atoms with Crippen LogP contribution in [0.3, 0.4) is 0 Å². The highest BCUT2D eigenvalue weighted by Crippen LogP contribution is 2.42. The molecule has 0 spiro atoms. The highest BCUT2D eigenvalue weighted by molar-refractivity contribution is 6.79. The summed E-state index contributed by atoms with van der Waals surface area (Å²) in [6.45, 7) is 10.6. The summed E-state index contributed by atoms with van der Waals surface area (Å²) in [4.78, 5) is 0. The van der Waals surface area contributed by atoms with Crippen molar-refractivity contribution in [1.82, 2.24) is 0 Å². The summed E-state index contributed by atoms with van der Waals surface area (Å²) < 4.78 is 6.30. The van der Waals surface area contributed by atoms with E-state index in [0.717, 1.165) is 6.42 Å². The highest BCUT2D eigenvalue weighted by atomic mass is 28.4. The zero-order valence-electron chi connectivity index (χ0n) is 10.9. The third-order valence-electron chi connectivity index (χ3n) is 3.51. The summed E-state index contributed by atoms with van der Waals surface area (Å²) in [5.74, 6) is 0. The smallest absolute Gasteiger partial charge is 0.215 e. The largest absolute Gasteiger partial charge is 0.406 e. The van der Waals surface area contributed by atoms with Gasteiger partial charge in [0.2, 0.25) is 8.32 Å². The maximum atomic E-state index is 6.30. The zero-order valence-corrected chi connectivity index (χ0v) is 11.9. The minimum absolute atomic E-state index is 0.239. The van der Waals surface area contributed by atoms with Gasteiger partial charge in [0.05, 0.1) is 6.10 Å². The van der Waals surface area contributed by atoms with Gasteiger partial charge >= 0.3 is 0 Å². The Labute approximate surface area is 105 Å². The molecular weight excluding hydrogens is 224 g/mol. The van der Waals surface area contributed by atoms with Gasteiger partial charge < -0.3 is 4.43 Å². The van der Waals surface area contributed by atoms with E-state index >= 15 is 0 Å². The molecule has 0 N–H and O–H groups in total. The molecule has 2 heteroatoms. The van der Waals surface area contributed by atoms with Crippen LogP contribution >= 0.6 is 0 Å². The number of allylic oxidation sites excluding steroid dienone is 2. The first-order valence-electron chi connectivity index (χ1n) is 6.10. The van der Waals surface area contributed by atoms with Gasteiger partial charge in [-0.2, -0.15) is 0 Å². The first kappa shape index (κ1) is 12.3. The topological polar surface area (TPSA) is 9.23 Å². The average molecular weight is 244 g/mol. The van der Waals surface area contributed by atoms with Gasteiger partial charge in [-0.1, -0.05) is 48.6 Å². The van der Waals surface area contributed by atoms with Gasteiger partial charge in [0.1, 0.15) is 0 Å². The fraction of sp³-hybridized carbons (Fsp3) is 0.333. The Balaban J connectivity index is 2.31. The van der Waals surface area contributed by atoms with E-state index in [1.165, 1.54) is 16.3 Å². The summed E-state index contributed by atoms with van der Waals surface area (Å²) in [6.07, 6.45) is 3.23. The lowest BCUT2D eigenvalue weighted by molar-refractivity contribution is 0.230. The maximum absolute atomic E-state index is 6.30. The van der Waals surface area contributed by atoms with Crippen molar-refractivity contribution in [3.63, 3.8) is 0 Å². The van der Waals surface area contributed by atoms with Crippen molar-refractivity contribution in [2.45, 2.75) is 32.5 Å². The van der Waals surface area contributed by atoms with Gasteiger partial charge in [-0.05, 0) is 37.2 Å². The second-order valence-corrected chi connectivity index (χ2v) is 8.96. The summed E-state index contributed by atoms with van der Waals surface area (Å²) in [5, 5.41) is 1.50. The predicted octanol–water partition coefficient (Wildman–Crippen LogP) is 4.39. The summed E-state index contributed by atoms with van der Waals surface area (Å²) in [7, 11) is -1.69. The van der Waals surface area contributed by atoms with Crippen molar-refractivity contribution in [3.05, 3.63) is 59.3 Å². The van der Waals surface area contributed by atoms with Crippen molar-refractivity contribution < 1.29 is 4.43 Å². The molecule has 1 nitrogen and oxygen atoms in total. The lowest BCUT2D eigenvalue weighted by Gasteiger charge is -2.19. The molecule has 1 aromatic rings. The monoisotopic (exact) mass is 244 g/mol. The predicted molar refractivity (Wildman–Crippen MR) is 75.3 cm³/mol. The summed E-state index contributed by atoms with van der Waals surface area (Å²) >= 11 is 0. The molecule has 1 unspecified atom stereocenters. The van der Waals surface area contributed by atoms with Crippen LogP contribution in [0.25, 0.3) is 0 Å². The standard InChI is InChI=1S/C15H20OSi/c1-5-12(2)15-11-14(16-17(15,3)4)13-9-7-6-8-10-13/h5-10,14H,1,11H2,2-4H3/b15-12+. The van der Waals surface area contributed by atoms with Crippen molar-refractivity contribution in [2.24, 2.45) is 0 Å². The van der Waals surface area contributed by atoms with Gasteiger partial charge in [-0.3, -0.25) is 0 Å². The third-order valence-corrected chi connectivity index (χ3v) is 6.43.